The minimum Gasteiger partial charge on any atom is -0.486 e. The fourth-order valence-corrected chi connectivity index (χ4v) is 3.15. The van der Waals surface area contributed by atoms with E-state index in [1.165, 1.54) is 0 Å². The van der Waals surface area contributed by atoms with E-state index in [2.05, 4.69) is 5.32 Å². The Kier molecular flexibility index (Phi) is 5.65. The lowest BCUT2D eigenvalue weighted by atomic mass is 10.1. The third kappa shape index (κ3) is 4.35. The van der Waals surface area contributed by atoms with Gasteiger partial charge in [-0.1, -0.05) is 11.6 Å². The van der Waals surface area contributed by atoms with Crippen molar-refractivity contribution in [2.75, 3.05) is 39.5 Å². The molecular weight excluding hydrogens is 348 g/mol. The zero-order valence-electron chi connectivity index (χ0n) is 14.0. The fourth-order valence-electron chi connectivity index (χ4n) is 2.86. The van der Waals surface area contributed by atoms with Crippen molar-refractivity contribution in [3.63, 3.8) is 0 Å². The summed E-state index contributed by atoms with van der Waals surface area (Å²) in [4.78, 5) is 26.3. The number of carbonyl (C=O) groups is 2. The lowest BCUT2D eigenvalue weighted by molar-refractivity contribution is -0.139. The molecule has 1 aromatic carbocycles. The zero-order valence-corrected chi connectivity index (χ0v) is 14.8. The number of nitrogens with zero attached hydrogens (tertiary/aromatic N) is 1. The van der Waals surface area contributed by atoms with Crippen LogP contribution in [0.2, 0.25) is 5.02 Å². The third-order valence-corrected chi connectivity index (χ3v) is 4.37. The molecule has 0 bridgehead atoms. The SMILES string of the molecule is C[C@H](NC(=O)Cc1cc(Cl)c2c(c1)OCCO2)C(=O)N1CCOCC1. The van der Waals surface area contributed by atoms with Crippen molar-refractivity contribution in [3.8, 4) is 11.5 Å². The predicted octanol–water partition coefficient (Wildman–Crippen LogP) is 1.02. The molecule has 0 aromatic heterocycles. The number of benzene rings is 1. The molecule has 1 fully saturated rings. The smallest absolute Gasteiger partial charge is 0.245 e. The first kappa shape index (κ1) is 17.8. The van der Waals surface area contributed by atoms with Crippen molar-refractivity contribution in [1.29, 1.82) is 0 Å². The molecule has 1 saturated heterocycles. The minimum atomic E-state index is -0.585. The number of carbonyl (C=O) groups excluding carboxylic acids is 2. The zero-order chi connectivity index (χ0) is 17.8. The van der Waals surface area contributed by atoms with Gasteiger partial charge in [0, 0.05) is 13.1 Å². The number of halogens is 1. The summed E-state index contributed by atoms with van der Waals surface area (Å²) in [6, 6.07) is 2.84. The minimum absolute atomic E-state index is 0.100. The van der Waals surface area contributed by atoms with Gasteiger partial charge in [0.25, 0.3) is 0 Å². The van der Waals surface area contributed by atoms with Crippen molar-refractivity contribution in [2.24, 2.45) is 0 Å². The van der Waals surface area contributed by atoms with Crippen LogP contribution in [0.3, 0.4) is 0 Å². The number of hydrogen-bond donors (Lipinski definition) is 1. The van der Waals surface area contributed by atoms with Crippen LogP contribution >= 0.6 is 11.6 Å². The lowest BCUT2D eigenvalue weighted by Gasteiger charge is -2.29. The van der Waals surface area contributed by atoms with E-state index in [4.69, 9.17) is 25.8 Å². The highest BCUT2D eigenvalue weighted by molar-refractivity contribution is 6.32. The van der Waals surface area contributed by atoms with Gasteiger partial charge in [-0.05, 0) is 24.6 Å². The highest BCUT2D eigenvalue weighted by Crippen LogP contribution is 2.38. The Morgan fingerprint density at radius 2 is 1.92 bits per heavy atom. The highest BCUT2D eigenvalue weighted by Gasteiger charge is 2.24. The van der Waals surface area contributed by atoms with Crippen molar-refractivity contribution in [3.05, 3.63) is 22.7 Å². The molecule has 136 valence electrons. The first-order valence-electron chi connectivity index (χ1n) is 8.28. The van der Waals surface area contributed by atoms with Gasteiger partial charge in [-0.25, -0.2) is 0 Å². The topological polar surface area (TPSA) is 77.1 Å². The van der Waals surface area contributed by atoms with E-state index in [1.807, 2.05) is 0 Å². The Morgan fingerprint density at radius 1 is 1.20 bits per heavy atom. The van der Waals surface area contributed by atoms with Gasteiger partial charge in [-0.2, -0.15) is 0 Å². The first-order valence-corrected chi connectivity index (χ1v) is 8.66. The maximum atomic E-state index is 12.3. The Hall–Kier alpha value is -1.99. The first-order chi connectivity index (χ1) is 12.0. The van der Waals surface area contributed by atoms with Gasteiger partial charge < -0.3 is 24.4 Å². The van der Waals surface area contributed by atoms with Crippen molar-refractivity contribution in [2.45, 2.75) is 19.4 Å². The monoisotopic (exact) mass is 368 g/mol. The van der Waals surface area contributed by atoms with Crippen molar-refractivity contribution in [1.82, 2.24) is 10.2 Å². The lowest BCUT2D eigenvalue weighted by Crippen LogP contribution is -2.50. The molecule has 2 aliphatic heterocycles. The van der Waals surface area contributed by atoms with Gasteiger partial charge in [0.2, 0.25) is 11.8 Å². The summed E-state index contributed by atoms with van der Waals surface area (Å²) < 4.78 is 16.2. The summed E-state index contributed by atoms with van der Waals surface area (Å²) >= 11 is 6.18. The second-order valence-electron chi connectivity index (χ2n) is 6.01. The summed E-state index contributed by atoms with van der Waals surface area (Å²) in [6.07, 6.45) is 0.108. The maximum absolute atomic E-state index is 12.3. The molecule has 0 saturated carbocycles. The Morgan fingerprint density at radius 3 is 2.68 bits per heavy atom. The highest BCUT2D eigenvalue weighted by atomic mass is 35.5. The van der Waals surface area contributed by atoms with Gasteiger partial charge in [0.15, 0.2) is 11.5 Å². The average molecular weight is 369 g/mol. The van der Waals surface area contributed by atoms with E-state index in [0.717, 1.165) is 0 Å². The van der Waals surface area contributed by atoms with Crippen LogP contribution in [0.1, 0.15) is 12.5 Å². The molecule has 0 unspecified atom stereocenters. The van der Waals surface area contributed by atoms with Crippen LogP contribution in [0, 0.1) is 0 Å². The molecule has 0 radical (unpaired) electrons. The molecule has 2 aliphatic rings. The molecule has 2 heterocycles. The quantitative estimate of drug-likeness (QED) is 0.858. The number of fused-ring (bicyclic) bond motifs is 1. The molecule has 0 aliphatic carbocycles. The molecule has 3 rings (SSSR count). The number of rotatable bonds is 4. The van der Waals surface area contributed by atoms with Crippen LogP contribution in [0.25, 0.3) is 0 Å². The summed E-state index contributed by atoms with van der Waals surface area (Å²) in [6.45, 7) is 4.75. The number of ether oxygens (including phenoxy) is 3. The second-order valence-corrected chi connectivity index (χ2v) is 6.41. The fraction of sp³-hybridized carbons (Fsp3) is 0.529. The molecule has 7 nitrogen and oxygen atoms in total. The van der Waals surface area contributed by atoms with E-state index in [0.29, 0.717) is 61.6 Å². The Labute approximate surface area is 151 Å². The largest absolute Gasteiger partial charge is 0.486 e. The van der Waals surface area contributed by atoms with E-state index < -0.39 is 6.04 Å². The maximum Gasteiger partial charge on any atom is 0.245 e. The summed E-state index contributed by atoms with van der Waals surface area (Å²) in [5.74, 6) is 0.700. The molecule has 25 heavy (non-hydrogen) atoms. The van der Waals surface area contributed by atoms with Gasteiger partial charge in [-0.3, -0.25) is 9.59 Å². The average Bonchev–Trinajstić information content (AvgIpc) is 2.61. The molecule has 0 spiro atoms. The molecule has 1 aromatic rings. The Balaban J connectivity index is 1.58. The molecule has 8 heteroatoms. The van der Waals surface area contributed by atoms with E-state index in [1.54, 1.807) is 24.0 Å². The third-order valence-electron chi connectivity index (χ3n) is 4.09. The number of nitrogens with one attached hydrogen (secondary N) is 1. The normalized spacial score (nSPS) is 17.8. The molecule has 2 amide bonds. The van der Waals surface area contributed by atoms with Crippen molar-refractivity contribution >= 4 is 23.4 Å². The van der Waals surface area contributed by atoms with Gasteiger partial charge >= 0.3 is 0 Å². The van der Waals surface area contributed by atoms with E-state index in [-0.39, 0.29) is 18.2 Å². The van der Waals surface area contributed by atoms with Crippen LogP contribution < -0.4 is 14.8 Å². The second kappa shape index (κ2) is 7.93. The van der Waals surface area contributed by atoms with Gasteiger partial charge in [-0.15, -0.1) is 0 Å². The van der Waals surface area contributed by atoms with Crippen LogP contribution in [0.15, 0.2) is 12.1 Å². The van der Waals surface area contributed by atoms with E-state index in [9.17, 15) is 9.59 Å². The molecule has 1 atom stereocenters. The summed E-state index contributed by atoms with van der Waals surface area (Å²) in [5, 5.41) is 3.15. The van der Waals surface area contributed by atoms with Crippen LogP contribution in [0.4, 0.5) is 0 Å². The number of hydrogen-bond acceptors (Lipinski definition) is 5. The number of morpholine rings is 1. The van der Waals surface area contributed by atoms with Crippen LogP contribution in [-0.2, 0) is 20.7 Å². The standard InChI is InChI=1S/C17H21ClN2O5/c1-11(17(22)20-2-4-23-5-3-20)19-15(21)10-12-8-13(18)16-14(9-12)24-6-7-25-16/h8-9,11H,2-7,10H2,1H3,(H,19,21)/t11-/m0/s1. The van der Waals surface area contributed by atoms with Crippen molar-refractivity contribution < 1.29 is 23.8 Å². The van der Waals surface area contributed by atoms with E-state index >= 15 is 0 Å². The van der Waals surface area contributed by atoms with Crippen LogP contribution in [-0.4, -0.2) is 62.3 Å². The molecule has 1 N–H and O–H groups in total. The van der Waals surface area contributed by atoms with Gasteiger partial charge in [0.1, 0.15) is 19.3 Å². The Bertz CT molecular complexity index is 661. The molecular formula is C17H21ClN2O5. The summed E-state index contributed by atoms with van der Waals surface area (Å²) in [5.41, 5.74) is 0.706. The van der Waals surface area contributed by atoms with Gasteiger partial charge in [0.05, 0.1) is 24.7 Å². The number of amides is 2. The van der Waals surface area contributed by atoms with Crippen LogP contribution in [0.5, 0.6) is 11.5 Å². The predicted molar refractivity (Wildman–Crippen MR) is 91.1 cm³/mol. The summed E-state index contributed by atoms with van der Waals surface area (Å²) in [7, 11) is 0.